The molecule has 3 N–H and O–H groups in total. The number of nitrogen functional groups attached to an aromatic ring is 1. The number of aromatic nitrogens is 4. The van der Waals surface area contributed by atoms with E-state index in [4.69, 9.17) is 15.2 Å². The van der Waals surface area contributed by atoms with Gasteiger partial charge >= 0.3 is 0 Å². The molecule has 0 aliphatic carbocycles. The molecule has 2 aromatic heterocycles. The Hall–Kier alpha value is -2.83. The number of methoxy groups -OCH3 is 2. The van der Waals surface area contributed by atoms with Gasteiger partial charge in [0.15, 0.2) is 5.82 Å². The van der Waals surface area contributed by atoms with Gasteiger partial charge in [0, 0.05) is 18.1 Å². The number of anilines is 1. The molecular formula is C14H15N5O2. The summed E-state index contributed by atoms with van der Waals surface area (Å²) in [6.07, 6.45) is 2.14. The molecule has 0 bridgehead atoms. The monoisotopic (exact) mass is 285 g/mol. The summed E-state index contributed by atoms with van der Waals surface area (Å²) in [6.45, 7) is 0. The van der Waals surface area contributed by atoms with Gasteiger partial charge in [-0.25, -0.2) is 9.97 Å². The van der Waals surface area contributed by atoms with E-state index < -0.39 is 0 Å². The summed E-state index contributed by atoms with van der Waals surface area (Å²) in [5, 5.41) is 6.69. The molecule has 0 spiro atoms. The van der Waals surface area contributed by atoms with Crippen molar-refractivity contribution in [2.45, 2.75) is 6.42 Å². The third-order valence-corrected chi connectivity index (χ3v) is 3.22. The van der Waals surface area contributed by atoms with E-state index in [2.05, 4.69) is 20.2 Å². The maximum absolute atomic E-state index is 5.90. The molecular weight excluding hydrogens is 270 g/mol. The summed E-state index contributed by atoms with van der Waals surface area (Å²) in [6, 6.07) is 5.63. The fourth-order valence-corrected chi connectivity index (χ4v) is 2.16. The minimum atomic E-state index is 0.389. The van der Waals surface area contributed by atoms with Crippen LogP contribution in [0.1, 0.15) is 11.4 Å². The topological polar surface area (TPSA) is 98.9 Å². The SMILES string of the molecule is COc1ccc(Cc2nc(N)c3[nH]ncc3n2)c(OC)c1. The summed E-state index contributed by atoms with van der Waals surface area (Å²) in [4.78, 5) is 8.73. The molecule has 7 nitrogen and oxygen atoms in total. The van der Waals surface area contributed by atoms with Crippen LogP contribution in [0, 0.1) is 0 Å². The average molecular weight is 285 g/mol. The molecule has 108 valence electrons. The first kappa shape index (κ1) is 13.2. The molecule has 0 saturated carbocycles. The van der Waals surface area contributed by atoms with Gasteiger partial charge in [-0.2, -0.15) is 5.10 Å². The number of rotatable bonds is 4. The van der Waals surface area contributed by atoms with Gasteiger partial charge in [-0.1, -0.05) is 6.07 Å². The largest absolute Gasteiger partial charge is 0.497 e. The van der Waals surface area contributed by atoms with Crippen LogP contribution in [0.5, 0.6) is 11.5 Å². The van der Waals surface area contributed by atoms with Gasteiger partial charge in [0.1, 0.15) is 28.4 Å². The first-order chi connectivity index (χ1) is 10.2. The number of H-pyrrole nitrogens is 1. The fourth-order valence-electron chi connectivity index (χ4n) is 2.16. The molecule has 3 aromatic rings. The molecule has 21 heavy (non-hydrogen) atoms. The van der Waals surface area contributed by atoms with Crippen molar-refractivity contribution < 1.29 is 9.47 Å². The van der Waals surface area contributed by atoms with E-state index in [0.717, 1.165) is 17.1 Å². The van der Waals surface area contributed by atoms with Gasteiger partial charge in [0.05, 0.1) is 20.4 Å². The van der Waals surface area contributed by atoms with Crippen molar-refractivity contribution in [3.05, 3.63) is 35.8 Å². The smallest absolute Gasteiger partial charge is 0.153 e. The van der Waals surface area contributed by atoms with Crippen molar-refractivity contribution in [3.8, 4) is 11.5 Å². The van der Waals surface area contributed by atoms with Crippen LogP contribution < -0.4 is 15.2 Å². The zero-order valence-corrected chi connectivity index (χ0v) is 11.8. The fraction of sp³-hybridized carbons (Fsp3) is 0.214. The van der Waals surface area contributed by atoms with Crippen LogP contribution in [0.2, 0.25) is 0 Å². The van der Waals surface area contributed by atoms with Crippen LogP contribution in [0.15, 0.2) is 24.4 Å². The Labute approximate surface area is 121 Å². The number of nitrogens with two attached hydrogens (primary N) is 1. The van der Waals surface area contributed by atoms with Gasteiger partial charge in [-0.05, 0) is 6.07 Å². The molecule has 0 atom stereocenters. The van der Waals surface area contributed by atoms with Crippen LogP contribution in [0.4, 0.5) is 5.82 Å². The van der Waals surface area contributed by atoms with Crippen molar-refractivity contribution in [1.29, 1.82) is 0 Å². The normalized spacial score (nSPS) is 10.8. The van der Waals surface area contributed by atoms with E-state index in [-0.39, 0.29) is 0 Å². The molecule has 0 aliphatic heterocycles. The Morgan fingerprint density at radius 1 is 1.19 bits per heavy atom. The lowest BCUT2D eigenvalue weighted by Crippen LogP contribution is -2.03. The van der Waals surface area contributed by atoms with Crippen LogP contribution in [0.3, 0.4) is 0 Å². The number of benzene rings is 1. The Bertz CT molecular complexity index is 784. The number of hydrogen-bond donors (Lipinski definition) is 2. The highest BCUT2D eigenvalue weighted by molar-refractivity contribution is 5.83. The number of hydrogen-bond acceptors (Lipinski definition) is 6. The number of nitrogens with zero attached hydrogens (tertiary/aromatic N) is 3. The second kappa shape index (κ2) is 5.28. The molecule has 2 heterocycles. The Morgan fingerprint density at radius 3 is 2.81 bits per heavy atom. The minimum absolute atomic E-state index is 0.389. The van der Waals surface area contributed by atoms with Crippen molar-refractivity contribution in [3.63, 3.8) is 0 Å². The Kier molecular flexibility index (Phi) is 3.31. The first-order valence-corrected chi connectivity index (χ1v) is 6.37. The van der Waals surface area contributed by atoms with E-state index in [1.807, 2.05) is 18.2 Å². The van der Waals surface area contributed by atoms with Crippen LogP contribution in [-0.2, 0) is 6.42 Å². The lowest BCUT2D eigenvalue weighted by atomic mass is 10.1. The number of aromatic amines is 1. The molecule has 0 fully saturated rings. The number of nitrogens with one attached hydrogen (secondary N) is 1. The molecule has 3 rings (SSSR count). The van der Waals surface area contributed by atoms with Crippen molar-refractivity contribution in [1.82, 2.24) is 20.2 Å². The zero-order valence-electron chi connectivity index (χ0n) is 11.8. The first-order valence-electron chi connectivity index (χ1n) is 6.37. The van der Waals surface area contributed by atoms with E-state index in [0.29, 0.717) is 29.1 Å². The summed E-state index contributed by atoms with van der Waals surface area (Å²) in [5.41, 5.74) is 8.21. The predicted octanol–water partition coefficient (Wildman–Crippen LogP) is 1.54. The highest BCUT2D eigenvalue weighted by Gasteiger charge is 2.11. The molecule has 7 heteroatoms. The van der Waals surface area contributed by atoms with Crippen molar-refractivity contribution >= 4 is 16.9 Å². The number of fused-ring (bicyclic) bond motifs is 1. The van der Waals surface area contributed by atoms with Gasteiger partial charge < -0.3 is 15.2 Å². The second-order valence-corrected chi connectivity index (χ2v) is 4.51. The Morgan fingerprint density at radius 2 is 2.05 bits per heavy atom. The third kappa shape index (κ3) is 2.45. The lowest BCUT2D eigenvalue weighted by molar-refractivity contribution is 0.391. The average Bonchev–Trinajstić information content (AvgIpc) is 2.96. The molecule has 0 unspecified atom stereocenters. The van der Waals surface area contributed by atoms with Gasteiger partial charge in [-0.15, -0.1) is 0 Å². The summed E-state index contributed by atoms with van der Waals surface area (Å²) in [5.74, 6) is 2.47. The maximum atomic E-state index is 5.90. The molecule has 0 amide bonds. The second-order valence-electron chi connectivity index (χ2n) is 4.51. The van der Waals surface area contributed by atoms with Crippen molar-refractivity contribution in [2.24, 2.45) is 0 Å². The minimum Gasteiger partial charge on any atom is -0.497 e. The molecule has 0 radical (unpaired) electrons. The van der Waals surface area contributed by atoms with Crippen LogP contribution in [-0.4, -0.2) is 34.4 Å². The summed E-state index contributed by atoms with van der Waals surface area (Å²) < 4.78 is 10.6. The summed E-state index contributed by atoms with van der Waals surface area (Å²) in [7, 11) is 3.23. The highest BCUT2D eigenvalue weighted by atomic mass is 16.5. The maximum Gasteiger partial charge on any atom is 0.153 e. The standard InChI is InChI=1S/C14H15N5O2/c1-20-9-4-3-8(11(6-9)21-2)5-12-17-10-7-16-19-13(10)14(15)18-12/h3-4,6-7H,5H2,1-2H3,(H,16,19)(H2,15,17,18). The highest BCUT2D eigenvalue weighted by Crippen LogP contribution is 2.26. The van der Waals surface area contributed by atoms with E-state index in [1.165, 1.54) is 0 Å². The van der Waals surface area contributed by atoms with Gasteiger partial charge in [-0.3, -0.25) is 5.10 Å². The van der Waals surface area contributed by atoms with E-state index in [1.54, 1.807) is 20.4 Å². The quantitative estimate of drug-likeness (QED) is 0.754. The van der Waals surface area contributed by atoms with E-state index in [9.17, 15) is 0 Å². The molecule has 0 saturated heterocycles. The molecule has 0 aliphatic rings. The Balaban J connectivity index is 1.98. The molecule has 1 aromatic carbocycles. The zero-order chi connectivity index (χ0) is 14.8. The predicted molar refractivity (Wildman–Crippen MR) is 78.4 cm³/mol. The third-order valence-electron chi connectivity index (χ3n) is 3.22. The van der Waals surface area contributed by atoms with Gasteiger partial charge in [0.2, 0.25) is 0 Å². The van der Waals surface area contributed by atoms with Gasteiger partial charge in [0.25, 0.3) is 0 Å². The lowest BCUT2D eigenvalue weighted by Gasteiger charge is -2.10. The van der Waals surface area contributed by atoms with Crippen LogP contribution in [0.25, 0.3) is 11.0 Å². The number of ether oxygens (including phenoxy) is 2. The summed E-state index contributed by atoms with van der Waals surface area (Å²) >= 11 is 0. The van der Waals surface area contributed by atoms with Crippen molar-refractivity contribution in [2.75, 3.05) is 20.0 Å². The van der Waals surface area contributed by atoms with Crippen LogP contribution >= 0.6 is 0 Å². The van der Waals surface area contributed by atoms with E-state index >= 15 is 0 Å².